The summed E-state index contributed by atoms with van der Waals surface area (Å²) in [6.07, 6.45) is 7.31. The van der Waals surface area contributed by atoms with Gasteiger partial charge in [-0.15, -0.1) is 0 Å². The summed E-state index contributed by atoms with van der Waals surface area (Å²) in [7, 11) is 0. The standard InChI is InChI=1S/C21H21FN4O/c22-18-5-1-4-17(12-18)19-14-24-25-21(19)16-6-9-26(10-7-16)20(27)11-15-3-2-8-23-13-15/h1-5,8,12-14,16H,6-7,9-11H2,(H,24,25). The maximum atomic E-state index is 13.6. The monoisotopic (exact) mass is 364 g/mol. The molecule has 2 aromatic heterocycles. The minimum atomic E-state index is -0.254. The molecule has 1 fully saturated rings. The molecule has 27 heavy (non-hydrogen) atoms. The fourth-order valence-electron chi connectivity index (χ4n) is 3.70. The lowest BCUT2D eigenvalue weighted by molar-refractivity contribution is -0.131. The molecule has 3 aromatic rings. The van der Waals surface area contributed by atoms with Crippen molar-refractivity contribution in [2.75, 3.05) is 13.1 Å². The summed E-state index contributed by atoms with van der Waals surface area (Å²) in [6.45, 7) is 1.43. The minimum Gasteiger partial charge on any atom is -0.342 e. The molecular weight excluding hydrogens is 343 g/mol. The number of benzene rings is 1. The van der Waals surface area contributed by atoms with Gasteiger partial charge in [-0.2, -0.15) is 5.10 Å². The predicted molar refractivity (Wildman–Crippen MR) is 100 cm³/mol. The van der Waals surface area contributed by atoms with E-state index in [1.807, 2.05) is 23.1 Å². The molecule has 0 atom stereocenters. The van der Waals surface area contributed by atoms with Crippen molar-refractivity contribution in [1.29, 1.82) is 0 Å². The number of carbonyl (C=O) groups excluding carboxylic acids is 1. The lowest BCUT2D eigenvalue weighted by Gasteiger charge is -2.32. The average molecular weight is 364 g/mol. The van der Waals surface area contributed by atoms with Crippen LogP contribution >= 0.6 is 0 Å². The first-order valence-corrected chi connectivity index (χ1v) is 9.16. The van der Waals surface area contributed by atoms with E-state index in [-0.39, 0.29) is 17.6 Å². The van der Waals surface area contributed by atoms with Crippen LogP contribution in [0, 0.1) is 5.82 Å². The minimum absolute atomic E-state index is 0.136. The van der Waals surface area contributed by atoms with Crippen LogP contribution in [-0.2, 0) is 11.2 Å². The number of amides is 1. The van der Waals surface area contributed by atoms with E-state index in [4.69, 9.17) is 0 Å². The number of carbonyl (C=O) groups is 1. The lowest BCUT2D eigenvalue weighted by Crippen LogP contribution is -2.38. The average Bonchev–Trinajstić information content (AvgIpc) is 3.19. The van der Waals surface area contributed by atoms with Gasteiger partial charge in [0.1, 0.15) is 5.82 Å². The molecule has 3 heterocycles. The number of rotatable bonds is 4. The van der Waals surface area contributed by atoms with Crippen molar-refractivity contribution in [1.82, 2.24) is 20.1 Å². The molecule has 0 bridgehead atoms. The summed E-state index contributed by atoms with van der Waals surface area (Å²) in [5.74, 6) is 0.167. The summed E-state index contributed by atoms with van der Waals surface area (Å²) < 4.78 is 13.6. The Morgan fingerprint density at radius 2 is 2.04 bits per heavy atom. The highest BCUT2D eigenvalue weighted by atomic mass is 19.1. The Labute approximate surface area is 157 Å². The molecule has 6 heteroatoms. The van der Waals surface area contributed by atoms with E-state index in [1.165, 1.54) is 12.1 Å². The largest absolute Gasteiger partial charge is 0.342 e. The fourth-order valence-corrected chi connectivity index (χ4v) is 3.70. The Kier molecular flexibility index (Phi) is 4.96. The molecule has 1 aliphatic rings. The van der Waals surface area contributed by atoms with Crippen molar-refractivity contribution < 1.29 is 9.18 Å². The van der Waals surface area contributed by atoms with E-state index in [9.17, 15) is 9.18 Å². The van der Waals surface area contributed by atoms with Crippen LogP contribution in [0.1, 0.15) is 30.0 Å². The molecule has 0 aliphatic carbocycles. The molecule has 1 aliphatic heterocycles. The number of pyridine rings is 1. The Morgan fingerprint density at radius 1 is 1.19 bits per heavy atom. The molecule has 0 saturated carbocycles. The number of hydrogen-bond donors (Lipinski definition) is 1. The highest BCUT2D eigenvalue weighted by Gasteiger charge is 2.26. The second kappa shape index (κ2) is 7.70. The van der Waals surface area contributed by atoms with Crippen molar-refractivity contribution in [2.24, 2.45) is 0 Å². The number of halogens is 1. The first kappa shape index (κ1) is 17.4. The number of piperidine rings is 1. The Bertz CT molecular complexity index is 917. The summed E-state index contributed by atoms with van der Waals surface area (Å²) in [6, 6.07) is 10.3. The van der Waals surface area contributed by atoms with E-state index in [2.05, 4.69) is 15.2 Å². The van der Waals surface area contributed by atoms with Gasteiger partial charge in [-0.3, -0.25) is 14.9 Å². The Morgan fingerprint density at radius 3 is 2.78 bits per heavy atom. The summed E-state index contributed by atoms with van der Waals surface area (Å²) >= 11 is 0. The van der Waals surface area contributed by atoms with Gasteiger partial charge in [-0.25, -0.2) is 4.39 Å². The smallest absolute Gasteiger partial charge is 0.227 e. The number of H-pyrrole nitrogens is 1. The van der Waals surface area contributed by atoms with Crippen LogP contribution in [0.4, 0.5) is 4.39 Å². The molecule has 4 rings (SSSR count). The van der Waals surface area contributed by atoms with Gasteiger partial charge in [-0.1, -0.05) is 18.2 Å². The van der Waals surface area contributed by atoms with Crippen LogP contribution in [0.15, 0.2) is 55.0 Å². The Balaban J connectivity index is 1.42. The second-order valence-corrected chi connectivity index (χ2v) is 6.90. The van der Waals surface area contributed by atoms with Gasteiger partial charge in [-0.05, 0) is 42.2 Å². The molecule has 138 valence electrons. The molecule has 0 radical (unpaired) electrons. The van der Waals surface area contributed by atoms with Crippen LogP contribution in [0.2, 0.25) is 0 Å². The van der Waals surface area contributed by atoms with Crippen molar-refractivity contribution >= 4 is 5.91 Å². The molecule has 0 unspecified atom stereocenters. The van der Waals surface area contributed by atoms with Crippen molar-refractivity contribution in [2.45, 2.75) is 25.2 Å². The van der Waals surface area contributed by atoms with E-state index < -0.39 is 0 Å². The van der Waals surface area contributed by atoms with Crippen molar-refractivity contribution in [3.05, 3.63) is 72.1 Å². The number of nitrogens with zero attached hydrogens (tertiary/aromatic N) is 3. The molecule has 1 N–H and O–H groups in total. The van der Waals surface area contributed by atoms with E-state index >= 15 is 0 Å². The summed E-state index contributed by atoms with van der Waals surface area (Å²) in [4.78, 5) is 18.5. The van der Waals surface area contributed by atoms with Crippen molar-refractivity contribution in [3.63, 3.8) is 0 Å². The molecular formula is C21H21FN4O. The zero-order chi connectivity index (χ0) is 18.6. The van der Waals surface area contributed by atoms with Gasteiger partial charge < -0.3 is 4.90 Å². The predicted octanol–water partition coefficient (Wildman–Crippen LogP) is 3.56. The van der Waals surface area contributed by atoms with Crippen LogP contribution in [0.25, 0.3) is 11.1 Å². The van der Waals surface area contributed by atoms with Gasteiger partial charge in [0, 0.05) is 42.7 Å². The van der Waals surface area contributed by atoms with E-state index in [0.717, 1.165) is 35.2 Å². The van der Waals surface area contributed by atoms with Gasteiger partial charge in [0.25, 0.3) is 0 Å². The van der Waals surface area contributed by atoms with Gasteiger partial charge >= 0.3 is 0 Å². The van der Waals surface area contributed by atoms with E-state index in [0.29, 0.717) is 19.5 Å². The van der Waals surface area contributed by atoms with Gasteiger partial charge in [0.05, 0.1) is 12.6 Å². The topological polar surface area (TPSA) is 61.9 Å². The number of nitrogens with one attached hydrogen (secondary N) is 1. The maximum absolute atomic E-state index is 13.6. The molecule has 1 saturated heterocycles. The number of hydrogen-bond acceptors (Lipinski definition) is 3. The molecule has 1 amide bonds. The molecule has 1 aromatic carbocycles. The van der Waals surface area contributed by atoms with Crippen LogP contribution in [-0.4, -0.2) is 39.1 Å². The second-order valence-electron chi connectivity index (χ2n) is 6.90. The van der Waals surface area contributed by atoms with E-state index in [1.54, 1.807) is 24.7 Å². The zero-order valence-corrected chi connectivity index (χ0v) is 14.9. The van der Waals surface area contributed by atoms with Crippen LogP contribution in [0.3, 0.4) is 0 Å². The fraction of sp³-hybridized carbons (Fsp3) is 0.286. The number of aromatic nitrogens is 3. The lowest BCUT2D eigenvalue weighted by atomic mass is 9.89. The molecule has 0 spiro atoms. The van der Waals surface area contributed by atoms with Crippen molar-refractivity contribution in [3.8, 4) is 11.1 Å². The molecule has 5 nitrogen and oxygen atoms in total. The maximum Gasteiger partial charge on any atom is 0.227 e. The Hall–Kier alpha value is -3.02. The summed E-state index contributed by atoms with van der Waals surface area (Å²) in [5, 5.41) is 7.27. The number of aromatic amines is 1. The zero-order valence-electron chi connectivity index (χ0n) is 14.9. The van der Waals surface area contributed by atoms with Gasteiger partial charge in [0.15, 0.2) is 0 Å². The summed E-state index contributed by atoms with van der Waals surface area (Å²) in [5.41, 5.74) is 3.73. The van der Waals surface area contributed by atoms with Gasteiger partial charge in [0.2, 0.25) is 5.91 Å². The normalized spacial score (nSPS) is 15.1. The third-order valence-electron chi connectivity index (χ3n) is 5.14. The third-order valence-corrected chi connectivity index (χ3v) is 5.14. The SMILES string of the molecule is O=C(Cc1cccnc1)N1CCC(c2[nH]ncc2-c2cccc(F)c2)CC1. The van der Waals surface area contributed by atoms with Crippen LogP contribution < -0.4 is 0 Å². The first-order valence-electron chi connectivity index (χ1n) is 9.16. The third kappa shape index (κ3) is 3.89. The number of likely N-dealkylation sites (tertiary alicyclic amines) is 1. The first-order chi connectivity index (χ1) is 13.2. The highest BCUT2D eigenvalue weighted by molar-refractivity contribution is 5.78. The highest BCUT2D eigenvalue weighted by Crippen LogP contribution is 2.34. The quantitative estimate of drug-likeness (QED) is 0.770. The van der Waals surface area contributed by atoms with Crippen LogP contribution in [0.5, 0.6) is 0 Å².